The Labute approximate surface area is 77.6 Å². The SMILES string of the molecule is CCC=C(CC(F)(F)F)CC(F)(F)F. The van der Waals surface area contributed by atoms with Crippen molar-refractivity contribution in [3.8, 4) is 0 Å². The third-order valence-corrected chi connectivity index (χ3v) is 1.35. The van der Waals surface area contributed by atoms with Crippen LogP contribution in [0.5, 0.6) is 0 Å². The molecule has 0 atom stereocenters. The molecule has 0 aliphatic heterocycles. The molecule has 0 rings (SSSR count). The molecule has 0 unspecified atom stereocenters. The molecular weight excluding hydrogens is 210 g/mol. The highest BCUT2D eigenvalue weighted by molar-refractivity contribution is 5.05. The molecule has 0 saturated heterocycles. The van der Waals surface area contributed by atoms with Gasteiger partial charge in [0, 0.05) is 0 Å². The Hall–Kier alpha value is -0.680. The number of alkyl halides is 6. The maximum absolute atomic E-state index is 11.8. The lowest BCUT2D eigenvalue weighted by Gasteiger charge is -2.12. The van der Waals surface area contributed by atoms with Crippen LogP contribution in [0.2, 0.25) is 0 Å². The van der Waals surface area contributed by atoms with Crippen molar-refractivity contribution in [3.63, 3.8) is 0 Å². The second kappa shape index (κ2) is 4.70. The molecule has 0 aliphatic carbocycles. The summed E-state index contributed by atoms with van der Waals surface area (Å²) in [5.41, 5.74) is -0.618. The summed E-state index contributed by atoms with van der Waals surface area (Å²) in [6.07, 6.45) is -11.0. The van der Waals surface area contributed by atoms with Gasteiger partial charge in [-0.05, 0) is 6.42 Å². The van der Waals surface area contributed by atoms with Crippen molar-refractivity contribution in [2.24, 2.45) is 0 Å². The first kappa shape index (κ1) is 13.3. The van der Waals surface area contributed by atoms with Gasteiger partial charge in [-0.15, -0.1) is 0 Å². The Kier molecular flexibility index (Phi) is 4.48. The van der Waals surface area contributed by atoms with Crippen LogP contribution in [-0.2, 0) is 0 Å². The van der Waals surface area contributed by atoms with Crippen LogP contribution in [0.15, 0.2) is 11.6 Å². The average molecular weight is 220 g/mol. The van der Waals surface area contributed by atoms with Gasteiger partial charge in [-0.3, -0.25) is 0 Å². The van der Waals surface area contributed by atoms with E-state index in [1.807, 2.05) is 0 Å². The van der Waals surface area contributed by atoms with Crippen LogP contribution in [0.1, 0.15) is 26.2 Å². The number of hydrogen-bond donors (Lipinski definition) is 0. The second-order valence-corrected chi connectivity index (χ2v) is 2.85. The van der Waals surface area contributed by atoms with Crippen LogP contribution >= 0.6 is 0 Å². The van der Waals surface area contributed by atoms with Gasteiger partial charge in [-0.2, -0.15) is 26.3 Å². The summed E-state index contributed by atoms with van der Waals surface area (Å²) in [6.45, 7) is 1.49. The lowest BCUT2D eigenvalue weighted by Crippen LogP contribution is -2.14. The first-order valence-corrected chi connectivity index (χ1v) is 3.95. The zero-order valence-corrected chi connectivity index (χ0v) is 7.47. The maximum Gasteiger partial charge on any atom is 0.392 e. The molecule has 0 saturated carbocycles. The Bertz CT molecular complexity index is 179. The van der Waals surface area contributed by atoms with Gasteiger partial charge < -0.3 is 0 Å². The van der Waals surface area contributed by atoms with Gasteiger partial charge in [0.15, 0.2) is 0 Å². The highest BCUT2D eigenvalue weighted by Crippen LogP contribution is 2.32. The topological polar surface area (TPSA) is 0 Å². The molecule has 84 valence electrons. The molecular formula is C8H10F6. The molecule has 0 aromatic heterocycles. The Morgan fingerprint density at radius 2 is 1.29 bits per heavy atom. The minimum Gasteiger partial charge on any atom is -0.171 e. The smallest absolute Gasteiger partial charge is 0.171 e. The average Bonchev–Trinajstić information content (AvgIpc) is 1.78. The van der Waals surface area contributed by atoms with Crippen LogP contribution in [0.4, 0.5) is 26.3 Å². The molecule has 0 nitrogen and oxygen atoms in total. The molecule has 0 aromatic rings. The van der Waals surface area contributed by atoms with E-state index in [4.69, 9.17) is 0 Å². The standard InChI is InChI=1S/C8H10F6/c1-2-3-6(4-7(9,10)11)5-8(12,13)14/h3H,2,4-5H2,1H3. The highest BCUT2D eigenvalue weighted by atomic mass is 19.4. The Morgan fingerprint density at radius 3 is 1.50 bits per heavy atom. The van der Waals surface area contributed by atoms with Crippen LogP contribution < -0.4 is 0 Å². The molecule has 0 spiro atoms. The van der Waals surface area contributed by atoms with Gasteiger partial charge in [-0.1, -0.05) is 18.6 Å². The monoisotopic (exact) mass is 220 g/mol. The summed E-state index contributed by atoms with van der Waals surface area (Å²) in [7, 11) is 0. The predicted molar refractivity (Wildman–Crippen MR) is 39.7 cm³/mol. The summed E-state index contributed by atoms with van der Waals surface area (Å²) in [5, 5.41) is 0. The van der Waals surface area contributed by atoms with Crippen LogP contribution in [-0.4, -0.2) is 12.4 Å². The third kappa shape index (κ3) is 7.94. The lowest BCUT2D eigenvalue weighted by molar-refractivity contribution is -0.142. The fourth-order valence-electron chi connectivity index (χ4n) is 1.01. The predicted octanol–water partition coefficient (Wildman–Crippen LogP) is 4.23. The minimum absolute atomic E-state index is 0.168. The van der Waals surface area contributed by atoms with Gasteiger partial charge in [0.1, 0.15) is 0 Å². The van der Waals surface area contributed by atoms with E-state index in [1.165, 1.54) is 6.92 Å². The molecule has 0 aliphatic rings. The quantitative estimate of drug-likeness (QED) is 0.493. The van der Waals surface area contributed by atoms with Crippen molar-refractivity contribution >= 4 is 0 Å². The van der Waals surface area contributed by atoms with Crippen molar-refractivity contribution in [1.82, 2.24) is 0 Å². The van der Waals surface area contributed by atoms with Crippen LogP contribution in [0, 0.1) is 0 Å². The van der Waals surface area contributed by atoms with Crippen molar-refractivity contribution in [2.45, 2.75) is 38.5 Å². The lowest BCUT2D eigenvalue weighted by atomic mass is 10.1. The maximum atomic E-state index is 11.8. The number of halogens is 6. The van der Waals surface area contributed by atoms with E-state index in [0.29, 0.717) is 0 Å². The normalized spacial score (nSPS) is 12.8. The van der Waals surface area contributed by atoms with Crippen molar-refractivity contribution in [3.05, 3.63) is 11.6 Å². The largest absolute Gasteiger partial charge is 0.392 e. The number of allylic oxidation sites excluding steroid dienone is 2. The molecule has 0 aromatic carbocycles. The molecule has 0 radical (unpaired) electrons. The van der Waals surface area contributed by atoms with Crippen LogP contribution in [0.25, 0.3) is 0 Å². The Balaban J connectivity index is 4.41. The first-order valence-electron chi connectivity index (χ1n) is 3.95. The molecule has 6 heteroatoms. The van der Waals surface area contributed by atoms with Crippen molar-refractivity contribution in [1.29, 1.82) is 0 Å². The highest BCUT2D eigenvalue weighted by Gasteiger charge is 2.34. The van der Waals surface area contributed by atoms with E-state index in [-0.39, 0.29) is 6.42 Å². The molecule has 0 fully saturated rings. The van der Waals surface area contributed by atoms with Gasteiger partial charge in [0.05, 0.1) is 12.8 Å². The van der Waals surface area contributed by atoms with Gasteiger partial charge in [-0.25, -0.2) is 0 Å². The molecule has 0 amide bonds. The minimum atomic E-state index is -4.58. The zero-order valence-electron chi connectivity index (χ0n) is 7.47. The van der Waals surface area contributed by atoms with Crippen molar-refractivity contribution in [2.75, 3.05) is 0 Å². The third-order valence-electron chi connectivity index (χ3n) is 1.35. The summed E-state index contributed by atoms with van der Waals surface area (Å²) in [5.74, 6) is 0. The van der Waals surface area contributed by atoms with E-state index in [2.05, 4.69) is 0 Å². The summed E-state index contributed by atoms with van der Waals surface area (Å²) in [6, 6.07) is 0. The van der Waals surface area contributed by atoms with E-state index in [9.17, 15) is 26.3 Å². The fourth-order valence-corrected chi connectivity index (χ4v) is 1.01. The number of rotatable bonds is 3. The van der Waals surface area contributed by atoms with Crippen LogP contribution in [0.3, 0.4) is 0 Å². The van der Waals surface area contributed by atoms with E-state index < -0.39 is 30.8 Å². The summed E-state index contributed by atoms with van der Waals surface area (Å²) >= 11 is 0. The molecule has 0 bridgehead atoms. The zero-order chi connectivity index (χ0) is 11.4. The summed E-state index contributed by atoms with van der Waals surface area (Å²) in [4.78, 5) is 0. The van der Waals surface area contributed by atoms with E-state index >= 15 is 0 Å². The first-order chi connectivity index (χ1) is 6.14. The fraction of sp³-hybridized carbons (Fsp3) is 0.750. The van der Waals surface area contributed by atoms with Gasteiger partial charge >= 0.3 is 12.4 Å². The van der Waals surface area contributed by atoms with E-state index in [1.54, 1.807) is 0 Å². The Morgan fingerprint density at radius 1 is 0.929 bits per heavy atom. The molecule has 14 heavy (non-hydrogen) atoms. The number of hydrogen-bond acceptors (Lipinski definition) is 0. The molecule has 0 N–H and O–H groups in total. The van der Waals surface area contributed by atoms with Gasteiger partial charge in [0.2, 0.25) is 0 Å². The second-order valence-electron chi connectivity index (χ2n) is 2.85. The van der Waals surface area contributed by atoms with Crippen molar-refractivity contribution < 1.29 is 26.3 Å². The molecule has 0 heterocycles. The summed E-state index contributed by atoms with van der Waals surface area (Å²) < 4.78 is 70.8. The van der Waals surface area contributed by atoms with E-state index in [0.717, 1.165) is 6.08 Å². The van der Waals surface area contributed by atoms with Gasteiger partial charge in [0.25, 0.3) is 0 Å².